The minimum Gasteiger partial charge on any atom is -0.294 e. The Hall–Kier alpha value is -1.22. The van der Waals surface area contributed by atoms with E-state index in [0.717, 1.165) is 12.1 Å². The third-order valence-electron chi connectivity index (χ3n) is 1.47. The van der Waals surface area contributed by atoms with Crippen LogP contribution in [0.15, 0.2) is 24.3 Å². The molecule has 1 rings (SSSR count). The molecule has 0 saturated carbocycles. The van der Waals surface area contributed by atoms with Crippen molar-refractivity contribution in [1.29, 1.82) is 0 Å². The summed E-state index contributed by atoms with van der Waals surface area (Å²) in [5.41, 5.74) is 0.287. The SMILES string of the molecule is O=C(Cl)CC(=O)c1ccc(F)cc1. The van der Waals surface area contributed by atoms with Crippen LogP contribution in [-0.4, -0.2) is 11.0 Å². The van der Waals surface area contributed by atoms with Crippen molar-refractivity contribution in [2.45, 2.75) is 6.42 Å². The van der Waals surface area contributed by atoms with Gasteiger partial charge in [0.2, 0.25) is 5.24 Å². The van der Waals surface area contributed by atoms with Crippen LogP contribution in [-0.2, 0) is 4.79 Å². The fraction of sp³-hybridized carbons (Fsp3) is 0.111. The molecule has 13 heavy (non-hydrogen) atoms. The molecule has 2 nitrogen and oxygen atoms in total. The van der Waals surface area contributed by atoms with Gasteiger partial charge in [0.1, 0.15) is 5.82 Å². The molecule has 0 amide bonds. The molecule has 0 radical (unpaired) electrons. The fourth-order valence-corrected chi connectivity index (χ4v) is 0.985. The zero-order valence-electron chi connectivity index (χ0n) is 6.59. The Morgan fingerprint density at radius 3 is 2.23 bits per heavy atom. The normalized spacial score (nSPS) is 9.69. The summed E-state index contributed by atoms with van der Waals surface area (Å²) in [7, 11) is 0. The molecule has 1 aromatic rings. The molecule has 1 aromatic carbocycles. The van der Waals surface area contributed by atoms with Crippen molar-refractivity contribution >= 4 is 22.6 Å². The molecule has 0 saturated heterocycles. The Labute approximate surface area is 79.3 Å². The number of Topliss-reactive ketones (excluding diaryl/α,β-unsaturated/α-hetero) is 1. The Kier molecular flexibility index (Phi) is 3.14. The van der Waals surface area contributed by atoms with Gasteiger partial charge in [0.05, 0.1) is 6.42 Å². The third kappa shape index (κ3) is 2.95. The standard InChI is InChI=1S/C9H6ClFO2/c10-9(13)5-8(12)6-1-3-7(11)4-2-6/h1-4H,5H2. The van der Waals surface area contributed by atoms with E-state index in [1.165, 1.54) is 12.1 Å². The van der Waals surface area contributed by atoms with Crippen LogP contribution < -0.4 is 0 Å². The summed E-state index contributed by atoms with van der Waals surface area (Å²) in [5, 5.41) is -0.714. The summed E-state index contributed by atoms with van der Waals surface area (Å²) in [6.45, 7) is 0. The van der Waals surface area contributed by atoms with E-state index in [1.54, 1.807) is 0 Å². The summed E-state index contributed by atoms with van der Waals surface area (Å²) in [6.07, 6.45) is -0.354. The van der Waals surface area contributed by atoms with E-state index in [4.69, 9.17) is 11.6 Å². The molecule has 0 aromatic heterocycles. The van der Waals surface area contributed by atoms with Crippen LogP contribution in [0, 0.1) is 5.82 Å². The minimum atomic E-state index is -0.714. The van der Waals surface area contributed by atoms with Crippen molar-refractivity contribution in [1.82, 2.24) is 0 Å². The van der Waals surface area contributed by atoms with Crippen LogP contribution in [0.25, 0.3) is 0 Å². The molecule has 0 N–H and O–H groups in total. The lowest BCUT2D eigenvalue weighted by molar-refractivity contribution is -0.110. The molecule has 0 aliphatic carbocycles. The second-order valence-corrected chi connectivity index (χ2v) is 2.88. The maximum absolute atomic E-state index is 12.4. The van der Waals surface area contributed by atoms with Crippen molar-refractivity contribution in [2.24, 2.45) is 0 Å². The Morgan fingerprint density at radius 1 is 1.23 bits per heavy atom. The van der Waals surface area contributed by atoms with Crippen LogP contribution in [0.3, 0.4) is 0 Å². The molecule has 0 fully saturated rings. The molecule has 4 heteroatoms. The first kappa shape index (κ1) is 9.86. The molecular weight excluding hydrogens is 195 g/mol. The lowest BCUT2D eigenvalue weighted by atomic mass is 10.1. The number of benzene rings is 1. The van der Waals surface area contributed by atoms with E-state index in [0.29, 0.717) is 0 Å². The molecule has 0 unspecified atom stereocenters. The fourth-order valence-electron chi connectivity index (χ4n) is 0.864. The number of ketones is 1. The van der Waals surface area contributed by atoms with Gasteiger partial charge in [0, 0.05) is 5.56 Å². The molecule has 0 bridgehead atoms. The number of carbonyl (C=O) groups is 2. The number of halogens is 2. The first-order valence-electron chi connectivity index (χ1n) is 3.56. The van der Waals surface area contributed by atoms with Gasteiger partial charge in [-0.3, -0.25) is 9.59 Å². The van der Waals surface area contributed by atoms with Crippen LogP contribution in [0.5, 0.6) is 0 Å². The quantitative estimate of drug-likeness (QED) is 0.426. The largest absolute Gasteiger partial charge is 0.294 e. The number of hydrogen-bond acceptors (Lipinski definition) is 2. The van der Waals surface area contributed by atoms with Crippen molar-refractivity contribution in [2.75, 3.05) is 0 Å². The van der Waals surface area contributed by atoms with Crippen molar-refractivity contribution in [3.63, 3.8) is 0 Å². The van der Waals surface area contributed by atoms with Crippen molar-refractivity contribution < 1.29 is 14.0 Å². The van der Waals surface area contributed by atoms with Crippen LogP contribution in [0.4, 0.5) is 4.39 Å². The summed E-state index contributed by atoms with van der Waals surface area (Å²) < 4.78 is 12.4. The van der Waals surface area contributed by atoms with Crippen LogP contribution in [0.2, 0.25) is 0 Å². The van der Waals surface area contributed by atoms with E-state index in [9.17, 15) is 14.0 Å². The number of carbonyl (C=O) groups excluding carboxylic acids is 2. The van der Waals surface area contributed by atoms with Gasteiger partial charge >= 0.3 is 0 Å². The van der Waals surface area contributed by atoms with E-state index < -0.39 is 16.8 Å². The highest BCUT2D eigenvalue weighted by Crippen LogP contribution is 2.06. The summed E-state index contributed by atoms with van der Waals surface area (Å²) in [6, 6.07) is 4.95. The first-order valence-corrected chi connectivity index (χ1v) is 3.94. The van der Waals surface area contributed by atoms with E-state index in [-0.39, 0.29) is 12.0 Å². The molecule has 0 aliphatic heterocycles. The molecule has 0 aliphatic rings. The predicted octanol–water partition coefficient (Wildman–Crippen LogP) is 2.16. The number of rotatable bonds is 3. The second-order valence-electron chi connectivity index (χ2n) is 2.46. The van der Waals surface area contributed by atoms with E-state index in [1.807, 2.05) is 0 Å². The summed E-state index contributed by atoms with van der Waals surface area (Å²) >= 11 is 5.02. The third-order valence-corrected chi connectivity index (χ3v) is 1.60. The van der Waals surface area contributed by atoms with Gasteiger partial charge in [0.25, 0.3) is 0 Å². The van der Waals surface area contributed by atoms with Crippen molar-refractivity contribution in [3.05, 3.63) is 35.6 Å². The highest BCUT2D eigenvalue weighted by Gasteiger charge is 2.09. The highest BCUT2D eigenvalue weighted by molar-refractivity contribution is 6.65. The zero-order chi connectivity index (χ0) is 9.84. The van der Waals surface area contributed by atoms with Crippen LogP contribution >= 0.6 is 11.6 Å². The predicted molar refractivity (Wildman–Crippen MR) is 46.2 cm³/mol. The van der Waals surface area contributed by atoms with Gasteiger partial charge in [-0.05, 0) is 35.9 Å². The van der Waals surface area contributed by atoms with Gasteiger partial charge in [-0.15, -0.1) is 0 Å². The van der Waals surface area contributed by atoms with E-state index >= 15 is 0 Å². The molecule has 0 heterocycles. The first-order chi connectivity index (χ1) is 6.09. The van der Waals surface area contributed by atoms with E-state index in [2.05, 4.69) is 0 Å². The molecule has 0 atom stereocenters. The maximum atomic E-state index is 12.4. The molecule has 0 spiro atoms. The minimum absolute atomic E-state index is 0.287. The molecule has 68 valence electrons. The van der Waals surface area contributed by atoms with Gasteiger partial charge in [-0.2, -0.15) is 0 Å². The van der Waals surface area contributed by atoms with Crippen molar-refractivity contribution in [3.8, 4) is 0 Å². The Morgan fingerprint density at radius 2 is 1.77 bits per heavy atom. The Balaban J connectivity index is 2.78. The van der Waals surface area contributed by atoms with Gasteiger partial charge < -0.3 is 0 Å². The van der Waals surface area contributed by atoms with Gasteiger partial charge in [-0.1, -0.05) is 0 Å². The lowest BCUT2D eigenvalue weighted by Gasteiger charge is -1.96. The maximum Gasteiger partial charge on any atom is 0.229 e. The lowest BCUT2D eigenvalue weighted by Crippen LogP contribution is -2.02. The average Bonchev–Trinajstić information content (AvgIpc) is 2.04. The second kappa shape index (κ2) is 4.14. The average molecular weight is 201 g/mol. The topological polar surface area (TPSA) is 34.1 Å². The molecular formula is C9H6ClFO2. The summed E-state index contributed by atoms with van der Waals surface area (Å²) in [5.74, 6) is -0.825. The van der Waals surface area contributed by atoms with Crippen LogP contribution in [0.1, 0.15) is 16.8 Å². The number of hydrogen-bond donors (Lipinski definition) is 0. The van der Waals surface area contributed by atoms with Gasteiger partial charge in [0.15, 0.2) is 5.78 Å². The smallest absolute Gasteiger partial charge is 0.229 e. The highest BCUT2D eigenvalue weighted by atomic mass is 35.5. The monoisotopic (exact) mass is 200 g/mol. The Bertz CT molecular complexity index is 332. The van der Waals surface area contributed by atoms with Gasteiger partial charge in [-0.25, -0.2) is 4.39 Å². The summed E-state index contributed by atoms with van der Waals surface area (Å²) in [4.78, 5) is 21.5. The zero-order valence-corrected chi connectivity index (χ0v) is 7.34.